The second kappa shape index (κ2) is 9.95. The first-order valence-electron chi connectivity index (χ1n) is 12.2. The summed E-state index contributed by atoms with van der Waals surface area (Å²) in [5.74, 6) is -2.44. The highest BCUT2D eigenvalue weighted by Gasteiger charge is 2.55. The Bertz CT molecular complexity index is 1410. The molecule has 1 fully saturated rings. The number of anilines is 2. The molecule has 1 aromatic heterocycles. The average molecular weight is 523 g/mol. The molecule has 1 aliphatic carbocycles. The third-order valence-corrected chi connectivity index (χ3v) is 6.93. The number of carbonyl (C=O) groups excluding carboxylic acids is 2. The molecule has 0 unspecified atom stereocenters. The molecule has 2 N–H and O–H groups in total. The lowest BCUT2D eigenvalue weighted by atomic mass is 10.1. The first kappa shape index (κ1) is 25.5. The molecule has 1 aliphatic heterocycles. The van der Waals surface area contributed by atoms with Crippen LogP contribution in [0.25, 0.3) is 0 Å². The number of benzene rings is 2. The first-order chi connectivity index (χ1) is 18.2. The molecule has 3 aromatic rings. The Hall–Kier alpha value is -4.17. The van der Waals surface area contributed by atoms with Crippen molar-refractivity contribution in [3.8, 4) is 6.07 Å². The molecule has 0 bridgehead atoms. The highest BCUT2D eigenvalue weighted by Crippen LogP contribution is 2.49. The number of fused-ring (bicyclic) bond motifs is 1. The van der Waals surface area contributed by atoms with Gasteiger partial charge in [-0.1, -0.05) is 18.2 Å². The number of amides is 2. The van der Waals surface area contributed by atoms with Crippen LogP contribution in [0.5, 0.6) is 0 Å². The van der Waals surface area contributed by atoms with Crippen LogP contribution >= 0.6 is 0 Å². The standard InChI is InChI=1S/C27H25F3N6O2/c1-16-15-35-24(22(14-33-35)25(37)34-20-4-2-3-18(9-20)11-31)26(38)36(16)21-7-5-17(6-8-21)12-32-13-19-10-23(19)27(28,29)30/h2-9,14,16,19,23,32H,10,12-13,15H2,1H3,(H,34,37)/t16-,19-,23-/m0/s1. The molecule has 0 spiro atoms. The number of hydrogen-bond donors (Lipinski definition) is 2. The second-order valence-electron chi connectivity index (χ2n) is 9.70. The fourth-order valence-electron chi connectivity index (χ4n) is 4.85. The number of nitriles is 1. The number of halogens is 3. The van der Waals surface area contributed by atoms with Crippen LogP contribution in [0.15, 0.2) is 54.7 Å². The molecule has 1 saturated carbocycles. The highest BCUT2D eigenvalue weighted by molar-refractivity contribution is 6.15. The minimum Gasteiger partial charge on any atom is -0.322 e. The zero-order valence-corrected chi connectivity index (χ0v) is 20.5. The van der Waals surface area contributed by atoms with Crippen LogP contribution in [-0.4, -0.2) is 40.4 Å². The summed E-state index contributed by atoms with van der Waals surface area (Å²) < 4.78 is 39.6. The van der Waals surface area contributed by atoms with Gasteiger partial charge < -0.3 is 15.5 Å². The van der Waals surface area contributed by atoms with Crippen molar-refractivity contribution in [1.29, 1.82) is 5.26 Å². The number of hydrogen-bond acceptors (Lipinski definition) is 5. The molecular formula is C27H25F3N6O2. The average Bonchev–Trinajstić information content (AvgIpc) is 3.55. The minimum absolute atomic E-state index is 0.132. The van der Waals surface area contributed by atoms with Crippen molar-refractivity contribution in [3.63, 3.8) is 0 Å². The number of carbonyl (C=O) groups is 2. The van der Waals surface area contributed by atoms with Crippen LogP contribution in [0, 0.1) is 23.2 Å². The smallest absolute Gasteiger partial charge is 0.322 e. The fraction of sp³-hybridized carbons (Fsp3) is 0.333. The van der Waals surface area contributed by atoms with Crippen LogP contribution in [-0.2, 0) is 13.1 Å². The third kappa shape index (κ3) is 5.13. The molecule has 196 valence electrons. The quantitative estimate of drug-likeness (QED) is 0.481. The molecule has 8 nitrogen and oxygen atoms in total. The van der Waals surface area contributed by atoms with Crippen molar-refractivity contribution in [2.45, 2.75) is 38.7 Å². The molecule has 2 heterocycles. The molecule has 5 rings (SSSR count). The van der Waals surface area contributed by atoms with Crippen molar-refractivity contribution in [2.75, 3.05) is 16.8 Å². The predicted octanol–water partition coefficient (Wildman–Crippen LogP) is 4.34. The van der Waals surface area contributed by atoms with E-state index in [0.29, 0.717) is 36.6 Å². The van der Waals surface area contributed by atoms with Crippen LogP contribution in [0.1, 0.15) is 45.3 Å². The Morgan fingerprint density at radius 2 is 1.97 bits per heavy atom. The monoisotopic (exact) mass is 522 g/mol. The van der Waals surface area contributed by atoms with Gasteiger partial charge in [-0.05, 0) is 61.7 Å². The summed E-state index contributed by atoms with van der Waals surface area (Å²) in [6.07, 6.45) is -2.58. The van der Waals surface area contributed by atoms with Gasteiger partial charge in [0.25, 0.3) is 11.8 Å². The van der Waals surface area contributed by atoms with E-state index >= 15 is 0 Å². The Labute approximate surface area is 217 Å². The van der Waals surface area contributed by atoms with E-state index in [2.05, 4.69) is 15.7 Å². The Kier molecular flexibility index (Phi) is 6.67. The van der Waals surface area contributed by atoms with Gasteiger partial charge in [-0.15, -0.1) is 0 Å². The molecule has 3 atom stereocenters. The molecule has 2 amide bonds. The summed E-state index contributed by atoms with van der Waals surface area (Å²) in [7, 11) is 0. The summed E-state index contributed by atoms with van der Waals surface area (Å²) in [6.45, 7) is 3.01. The summed E-state index contributed by atoms with van der Waals surface area (Å²) in [5, 5.41) is 19.1. The van der Waals surface area contributed by atoms with Crippen molar-refractivity contribution >= 4 is 23.2 Å². The summed E-state index contributed by atoms with van der Waals surface area (Å²) in [4.78, 5) is 28.2. The Balaban J connectivity index is 1.26. The topological polar surface area (TPSA) is 103 Å². The van der Waals surface area contributed by atoms with Gasteiger partial charge in [0.2, 0.25) is 0 Å². The van der Waals surface area contributed by atoms with E-state index in [4.69, 9.17) is 5.26 Å². The molecular weight excluding hydrogens is 497 g/mol. The lowest BCUT2D eigenvalue weighted by Gasteiger charge is -2.34. The Morgan fingerprint density at radius 3 is 2.66 bits per heavy atom. The van der Waals surface area contributed by atoms with Crippen LogP contribution < -0.4 is 15.5 Å². The van der Waals surface area contributed by atoms with Gasteiger partial charge in [-0.25, -0.2) is 0 Å². The fourth-order valence-corrected chi connectivity index (χ4v) is 4.85. The zero-order valence-electron chi connectivity index (χ0n) is 20.5. The maximum atomic E-state index is 13.6. The number of nitrogens with one attached hydrogen (secondary N) is 2. The van der Waals surface area contributed by atoms with E-state index in [-0.39, 0.29) is 35.5 Å². The van der Waals surface area contributed by atoms with Gasteiger partial charge in [0.05, 0.1) is 41.9 Å². The summed E-state index contributed by atoms with van der Waals surface area (Å²) in [6, 6.07) is 15.5. The van der Waals surface area contributed by atoms with Crippen molar-refractivity contribution < 1.29 is 22.8 Å². The minimum atomic E-state index is -4.12. The lowest BCUT2D eigenvalue weighted by Crippen LogP contribution is -2.47. The molecule has 2 aromatic carbocycles. The van der Waals surface area contributed by atoms with E-state index in [1.165, 1.54) is 10.9 Å². The van der Waals surface area contributed by atoms with E-state index < -0.39 is 18.0 Å². The van der Waals surface area contributed by atoms with Gasteiger partial charge in [-0.2, -0.15) is 23.5 Å². The highest BCUT2D eigenvalue weighted by atomic mass is 19.4. The number of aromatic nitrogens is 2. The molecule has 0 radical (unpaired) electrons. The summed E-state index contributed by atoms with van der Waals surface area (Å²) >= 11 is 0. The molecule has 11 heteroatoms. The van der Waals surface area contributed by atoms with Gasteiger partial charge >= 0.3 is 6.18 Å². The maximum absolute atomic E-state index is 13.6. The zero-order chi connectivity index (χ0) is 27.0. The van der Waals surface area contributed by atoms with Crippen molar-refractivity contribution in [3.05, 3.63) is 77.1 Å². The third-order valence-electron chi connectivity index (χ3n) is 6.93. The molecule has 0 saturated heterocycles. The lowest BCUT2D eigenvalue weighted by molar-refractivity contribution is -0.150. The van der Waals surface area contributed by atoms with Gasteiger partial charge in [0.1, 0.15) is 5.69 Å². The van der Waals surface area contributed by atoms with Crippen molar-refractivity contribution in [1.82, 2.24) is 15.1 Å². The summed E-state index contributed by atoms with van der Waals surface area (Å²) in [5.41, 5.74) is 2.67. The number of alkyl halides is 3. The van der Waals surface area contributed by atoms with Crippen LogP contribution in [0.3, 0.4) is 0 Å². The van der Waals surface area contributed by atoms with E-state index in [1.54, 1.807) is 41.3 Å². The maximum Gasteiger partial charge on any atom is 0.392 e. The largest absolute Gasteiger partial charge is 0.392 e. The van der Waals surface area contributed by atoms with Crippen molar-refractivity contribution in [2.24, 2.45) is 11.8 Å². The SMILES string of the molecule is C[C@H]1Cn2ncc(C(=O)Nc3cccc(C#N)c3)c2C(=O)N1c1ccc(CNC[C@@H]2C[C@@H]2C(F)(F)F)cc1. The second-order valence-corrected chi connectivity index (χ2v) is 9.70. The number of nitrogens with zero attached hydrogens (tertiary/aromatic N) is 4. The van der Waals surface area contributed by atoms with Gasteiger partial charge in [0.15, 0.2) is 0 Å². The number of rotatable bonds is 7. The normalized spacial score (nSPS) is 20.6. The van der Waals surface area contributed by atoms with Gasteiger partial charge in [0, 0.05) is 17.9 Å². The van der Waals surface area contributed by atoms with E-state index in [1.807, 2.05) is 25.1 Å². The van der Waals surface area contributed by atoms with Crippen LogP contribution in [0.4, 0.5) is 24.5 Å². The Morgan fingerprint density at radius 1 is 1.21 bits per heavy atom. The first-order valence-corrected chi connectivity index (χ1v) is 12.2. The van der Waals surface area contributed by atoms with Gasteiger partial charge in [-0.3, -0.25) is 14.3 Å². The van der Waals surface area contributed by atoms with E-state index in [9.17, 15) is 22.8 Å². The van der Waals surface area contributed by atoms with E-state index in [0.717, 1.165) is 5.56 Å². The molecule has 38 heavy (non-hydrogen) atoms. The van der Waals surface area contributed by atoms with Crippen LogP contribution in [0.2, 0.25) is 0 Å². The molecule has 2 aliphatic rings. The predicted molar refractivity (Wildman–Crippen MR) is 133 cm³/mol.